The summed E-state index contributed by atoms with van der Waals surface area (Å²) in [6.07, 6.45) is 1.82. The Morgan fingerprint density at radius 2 is 1.79 bits per heavy atom. The van der Waals surface area contributed by atoms with Gasteiger partial charge in [-0.15, -0.1) is 0 Å². The Bertz CT molecular complexity index is 186. The average Bonchev–Trinajstić information content (AvgIpc) is 2.05. The lowest BCUT2D eigenvalue weighted by Gasteiger charge is -2.31. The Morgan fingerprint density at radius 3 is 2.07 bits per heavy atom. The number of amides is 1. The highest BCUT2D eigenvalue weighted by atomic mass is 79.9. The number of alkyl halides is 1. The summed E-state index contributed by atoms with van der Waals surface area (Å²) < 4.78 is 0. The minimum absolute atomic E-state index is 0.153. The van der Waals surface area contributed by atoms with Crippen molar-refractivity contribution in [2.45, 2.75) is 57.8 Å². The van der Waals surface area contributed by atoms with Crippen molar-refractivity contribution in [1.29, 1.82) is 0 Å². The molecule has 2 nitrogen and oxygen atoms in total. The van der Waals surface area contributed by atoms with Gasteiger partial charge in [0.15, 0.2) is 0 Å². The molecule has 0 rings (SSSR count). The van der Waals surface area contributed by atoms with E-state index in [2.05, 4.69) is 35.1 Å². The van der Waals surface area contributed by atoms with Crippen LogP contribution in [0.2, 0.25) is 0 Å². The van der Waals surface area contributed by atoms with E-state index in [4.69, 9.17) is 0 Å². The van der Waals surface area contributed by atoms with Crippen molar-refractivity contribution in [3.63, 3.8) is 0 Å². The van der Waals surface area contributed by atoms with Gasteiger partial charge in [-0.3, -0.25) is 4.79 Å². The van der Waals surface area contributed by atoms with Crippen LogP contribution in [0.4, 0.5) is 0 Å². The van der Waals surface area contributed by atoms with Crippen molar-refractivity contribution in [2.75, 3.05) is 0 Å². The smallest absolute Gasteiger partial charge is 0.223 e. The van der Waals surface area contributed by atoms with Gasteiger partial charge in [-0.25, -0.2) is 0 Å². The van der Waals surface area contributed by atoms with Crippen molar-refractivity contribution in [2.24, 2.45) is 5.92 Å². The predicted octanol–water partition coefficient (Wildman–Crippen LogP) is 3.10. The number of carbonyl (C=O) groups is 1. The molecule has 0 radical (unpaired) electrons. The van der Waals surface area contributed by atoms with Crippen LogP contribution in [0.3, 0.4) is 0 Å². The Hall–Kier alpha value is -0.0500. The molecule has 0 aromatic heterocycles. The highest BCUT2D eigenvalue weighted by molar-refractivity contribution is 9.09. The molecular formula is C11H22BrNO. The molecule has 0 aromatic rings. The Balaban J connectivity index is 4.30. The molecular weight excluding hydrogens is 242 g/mol. The van der Waals surface area contributed by atoms with E-state index in [0.717, 1.165) is 12.8 Å². The van der Waals surface area contributed by atoms with Crippen LogP contribution >= 0.6 is 15.9 Å². The van der Waals surface area contributed by atoms with Crippen LogP contribution in [0.1, 0.15) is 47.5 Å². The highest BCUT2D eigenvalue weighted by Crippen LogP contribution is 2.18. The van der Waals surface area contributed by atoms with Gasteiger partial charge < -0.3 is 5.32 Å². The molecule has 1 atom stereocenters. The number of rotatable bonds is 5. The molecule has 0 aromatic carbocycles. The Labute approximate surface area is 96.0 Å². The normalized spacial score (nSPS) is 14.2. The van der Waals surface area contributed by atoms with Crippen LogP contribution in [-0.2, 0) is 4.79 Å². The Kier molecular flexibility index (Phi) is 5.72. The molecule has 0 saturated carbocycles. The SMILES string of the molecule is CCC(CC)C(=O)NC(C)(C)C(C)Br. The summed E-state index contributed by atoms with van der Waals surface area (Å²) in [7, 11) is 0. The van der Waals surface area contributed by atoms with Crippen molar-refractivity contribution in [3.8, 4) is 0 Å². The summed E-state index contributed by atoms with van der Waals surface area (Å²) in [6.45, 7) is 10.2. The summed E-state index contributed by atoms with van der Waals surface area (Å²) >= 11 is 3.50. The number of hydrogen-bond acceptors (Lipinski definition) is 1. The zero-order valence-electron chi connectivity index (χ0n) is 9.86. The number of halogens is 1. The number of nitrogens with one attached hydrogen (secondary N) is 1. The molecule has 0 fully saturated rings. The van der Waals surface area contributed by atoms with Gasteiger partial charge >= 0.3 is 0 Å². The standard InChI is InChI=1S/C11H22BrNO/c1-6-9(7-2)10(14)13-11(4,5)8(3)12/h8-9H,6-7H2,1-5H3,(H,13,14). The average molecular weight is 264 g/mol. The third-order valence-electron chi connectivity index (χ3n) is 2.80. The maximum atomic E-state index is 11.8. The third kappa shape index (κ3) is 3.99. The molecule has 0 saturated heterocycles. The number of carbonyl (C=O) groups excluding carboxylic acids is 1. The molecule has 0 aliphatic heterocycles. The quantitative estimate of drug-likeness (QED) is 0.759. The van der Waals surface area contributed by atoms with Gasteiger partial charge in [0.1, 0.15) is 0 Å². The molecule has 0 aliphatic carbocycles. The fraction of sp³-hybridized carbons (Fsp3) is 0.909. The van der Waals surface area contributed by atoms with Crippen LogP contribution in [-0.4, -0.2) is 16.3 Å². The molecule has 1 amide bonds. The summed E-state index contributed by atoms with van der Waals surface area (Å²) in [6, 6.07) is 0. The third-order valence-corrected chi connectivity index (χ3v) is 3.94. The van der Waals surface area contributed by atoms with Crippen LogP contribution in [0.25, 0.3) is 0 Å². The molecule has 0 aliphatic rings. The lowest BCUT2D eigenvalue weighted by Crippen LogP contribution is -2.50. The van der Waals surface area contributed by atoms with Crippen LogP contribution in [0.5, 0.6) is 0 Å². The van der Waals surface area contributed by atoms with Crippen molar-refractivity contribution >= 4 is 21.8 Å². The first-order chi connectivity index (χ1) is 6.35. The monoisotopic (exact) mass is 263 g/mol. The second-order valence-electron chi connectivity index (χ2n) is 4.34. The maximum absolute atomic E-state index is 11.8. The topological polar surface area (TPSA) is 29.1 Å². The van der Waals surface area contributed by atoms with Crippen LogP contribution in [0, 0.1) is 5.92 Å². The summed E-state index contributed by atoms with van der Waals surface area (Å²) in [5.74, 6) is 0.326. The largest absolute Gasteiger partial charge is 0.350 e. The molecule has 1 unspecified atom stereocenters. The first-order valence-electron chi connectivity index (χ1n) is 5.31. The van der Waals surface area contributed by atoms with Crippen molar-refractivity contribution in [3.05, 3.63) is 0 Å². The molecule has 0 spiro atoms. The van der Waals surface area contributed by atoms with Gasteiger partial charge in [-0.2, -0.15) is 0 Å². The minimum Gasteiger partial charge on any atom is -0.350 e. The van der Waals surface area contributed by atoms with Gasteiger partial charge in [0.2, 0.25) is 5.91 Å². The summed E-state index contributed by atoms with van der Waals surface area (Å²) in [4.78, 5) is 12.1. The van der Waals surface area contributed by atoms with E-state index in [1.54, 1.807) is 0 Å². The van der Waals surface area contributed by atoms with Gasteiger partial charge in [-0.1, -0.05) is 36.7 Å². The molecule has 0 heterocycles. The van der Waals surface area contributed by atoms with Gasteiger partial charge in [-0.05, 0) is 26.7 Å². The van der Waals surface area contributed by atoms with E-state index in [9.17, 15) is 4.79 Å². The van der Waals surface area contributed by atoms with E-state index in [-0.39, 0.29) is 22.2 Å². The van der Waals surface area contributed by atoms with Crippen LogP contribution in [0.15, 0.2) is 0 Å². The predicted molar refractivity (Wildman–Crippen MR) is 64.7 cm³/mol. The summed E-state index contributed by atoms with van der Waals surface area (Å²) in [5, 5.41) is 3.07. The Morgan fingerprint density at radius 1 is 1.36 bits per heavy atom. The van der Waals surface area contributed by atoms with Gasteiger partial charge in [0.05, 0.1) is 0 Å². The zero-order valence-corrected chi connectivity index (χ0v) is 11.4. The van der Waals surface area contributed by atoms with Crippen molar-refractivity contribution in [1.82, 2.24) is 5.32 Å². The summed E-state index contributed by atoms with van der Waals surface area (Å²) in [5.41, 5.74) is -0.181. The first-order valence-corrected chi connectivity index (χ1v) is 6.22. The van der Waals surface area contributed by atoms with Gasteiger partial charge in [0.25, 0.3) is 0 Å². The zero-order chi connectivity index (χ0) is 11.4. The lowest BCUT2D eigenvalue weighted by molar-refractivity contribution is -0.126. The van der Waals surface area contributed by atoms with E-state index < -0.39 is 0 Å². The molecule has 1 N–H and O–H groups in total. The maximum Gasteiger partial charge on any atom is 0.223 e. The fourth-order valence-corrected chi connectivity index (χ4v) is 1.29. The molecule has 0 bridgehead atoms. The molecule has 14 heavy (non-hydrogen) atoms. The van der Waals surface area contributed by atoms with E-state index in [1.807, 2.05) is 20.8 Å². The van der Waals surface area contributed by atoms with Gasteiger partial charge in [0, 0.05) is 16.3 Å². The van der Waals surface area contributed by atoms with E-state index in [1.165, 1.54) is 0 Å². The molecule has 3 heteroatoms. The highest BCUT2D eigenvalue weighted by Gasteiger charge is 2.27. The fourth-order valence-electron chi connectivity index (χ4n) is 1.18. The number of hydrogen-bond donors (Lipinski definition) is 1. The minimum atomic E-state index is -0.181. The van der Waals surface area contributed by atoms with E-state index in [0.29, 0.717) is 0 Å². The van der Waals surface area contributed by atoms with E-state index >= 15 is 0 Å². The van der Waals surface area contributed by atoms with Crippen molar-refractivity contribution < 1.29 is 4.79 Å². The first kappa shape index (κ1) is 13.9. The second kappa shape index (κ2) is 5.74. The second-order valence-corrected chi connectivity index (χ2v) is 5.71. The molecule has 84 valence electrons. The van der Waals surface area contributed by atoms with Crippen LogP contribution < -0.4 is 5.32 Å². The lowest BCUT2D eigenvalue weighted by atomic mass is 9.97.